The molecule has 1 aromatic carbocycles. The number of hydrogen-bond donors (Lipinski definition) is 2. The van der Waals surface area contributed by atoms with E-state index in [1.807, 2.05) is 6.07 Å². The van der Waals surface area contributed by atoms with Crippen LogP contribution in [0, 0.1) is 0 Å². The highest BCUT2D eigenvalue weighted by molar-refractivity contribution is 9.11. The van der Waals surface area contributed by atoms with Crippen molar-refractivity contribution in [3.8, 4) is 0 Å². The van der Waals surface area contributed by atoms with Crippen LogP contribution in [0.25, 0.3) is 0 Å². The molecule has 0 fully saturated rings. The van der Waals surface area contributed by atoms with Gasteiger partial charge < -0.3 is 0 Å². The van der Waals surface area contributed by atoms with Gasteiger partial charge in [0.25, 0.3) is 0 Å². The highest BCUT2D eigenvalue weighted by atomic mass is 79.9. The summed E-state index contributed by atoms with van der Waals surface area (Å²) in [7, 11) is 0. The zero-order valence-electron chi connectivity index (χ0n) is 10.1. The first-order chi connectivity index (χ1) is 8.78. The van der Waals surface area contributed by atoms with Gasteiger partial charge in [-0.05, 0) is 52.9 Å². The molecular weight excluding hydrogens is 308 g/mol. The van der Waals surface area contributed by atoms with Crippen LogP contribution in [0.2, 0.25) is 0 Å². The Kier molecular flexibility index (Phi) is 5.38. The van der Waals surface area contributed by atoms with Crippen LogP contribution in [0.1, 0.15) is 16.9 Å². The van der Waals surface area contributed by atoms with E-state index in [4.69, 9.17) is 5.84 Å². The summed E-state index contributed by atoms with van der Waals surface area (Å²) in [6.07, 6.45) is 3.10. The number of hydrazine groups is 1. The van der Waals surface area contributed by atoms with Crippen LogP contribution in [-0.2, 0) is 12.8 Å². The van der Waals surface area contributed by atoms with Gasteiger partial charge in [-0.2, -0.15) is 0 Å². The molecule has 0 bridgehead atoms. The molecule has 4 heteroatoms. The van der Waals surface area contributed by atoms with Gasteiger partial charge in [-0.1, -0.05) is 30.3 Å². The number of rotatable bonds is 6. The molecule has 0 saturated carbocycles. The van der Waals surface area contributed by atoms with Crippen molar-refractivity contribution in [1.29, 1.82) is 0 Å². The number of aryl methyl sites for hydroxylation is 1. The molecule has 0 radical (unpaired) electrons. The van der Waals surface area contributed by atoms with Gasteiger partial charge in [-0.15, -0.1) is 11.3 Å². The molecule has 2 nitrogen and oxygen atoms in total. The Hall–Kier alpha value is -0.680. The summed E-state index contributed by atoms with van der Waals surface area (Å²) >= 11 is 5.26. The lowest BCUT2D eigenvalue weighted by Gasteiger charge is -2.14. The van der Waals surface area contributed by atoms with Crippen molar-refractivity contribution in [1.82, 2.24) is 5.43 Å². The van der Waals surface area contributed by atoms with Crippen LogP contribution in [0.4, 0.5) is 0 Å². The summed E-state index contributed by atoms with van der Waals surface area (Å²) in [6, 6.07) is 15.1. The molecule has 0 spiro atoms. The maximum Gasteiger partial charge on any atom is 0.0701 e. The fourth-order valence-electron chi connectivity index (χ4n) is 1.93. The van der Waals surface area contributed by atoms with Crippen LogP contribution in [0.3, 0.4) is 0 Å². The topological polar surface area (TPSA) is 38.0 Å². The standard InChI is InChI=1S/C14H17BrN2S/c15-14-9-8-13(18-14)10-12(17-16)7-6-11-4-2-1-3-5-11/h1-5,8-9,12,17H,6-7,10,16H2. The first-order valence-electron chi connectivity index (χ1n) is 6.02. The summed E-state index contributed by atoms with van der Waals surface area (Å²) < 4.78 is 1.18. The molecule has 0 aliphatic carbocycles. The Balaban J connectivity index is 1.86. The van der Waals surface area contributed by atoms with Crippen LogP contribution in [-0.4, -0.2) is 6.04 Å². The van der Waals surface area contributed by atoms with Crippen molar-refractivity contribution in [3.63, 3.8) is 0 Å². The summed E-state index contributed by atoms with van der Waals surface area (Å²) in [4.78, 5) is 1.36. The largest absolute Gasteiger partial charge is 0.271 e. The molecule has 1 atom stereocenters. The quantitative estimate of drug-likeness (QED) is 0.630. The van der Waals surface area contributed by atoms with E-state index in [1.54, 1.807) is 11.3 Å². The van der Waals surface area contributed by atoms with E-state index in [9.17, 15) is 0 Å². The van der Waals surface area contributed by atoms with Crippen molar-refractivity contribution in [3.05, 3.63) is 56.7 Å². The van der Waals surface area contributed by atoms with E-state index in [2.05, 4.69) is 57.8 Å². The average Bonchev–Trinajstić information content (AvgIpc) is 2.81. The molecule has 1 heterocycles. The summed E-state index contributed by atoms with van der Waals surface area (Å²) in [5.41, 5.74) is 4.29. The maximum absolute atomic E-state index is 5.63. The SMILES string of the molecule is NNC(CCc1ccccc1)Cc1ccc(Br)s1. The monoisotopic (exact) mass is 324 g/mol. The zero-order chi connectivity index (χ0) is 12.8. The molecule has 0 aliphatic heterocycles. The maximum atomic E-state index is 5.63. The summed E-state index contributed by atoms with van der Waals surface area (Å²) in [6.45, 7) is 0. The molecule has 96 valence electrons. The second kappa shape index (κ2) is 7.04. The van der Waals surface area contributed by atoms with E-state index < -0.39 is 0 Å². The first-order valence-corrected chi connectivity index (χ1v) is 7.63. The van der Waals surface area contributed by atoms with Crippen molar-refractivity contribution in [2.75, 3.05) is 0 Å². The fraction of sp³-hybridized carbons (Fsp3) is 0.286. The predicted octanol–water partition coefficient (Wildman–Crippen LogP) is 3.52. The van der Waals surface area contributed by atoms with Crippen molar-refractivity contribution in [2.24, 2.45) is 5.84 Å². The van der Waals surface area contributed by atoms with Crippen LogP contribution < -0.4 is 11.3 Å². The molecule has 1 aromatic heterocycles. The summed E-state index contributed by atoms with van der Waals surface area (Å²) in [5, 5.41) is 0. The van der Waals surface area contributed by atoms with Gasteiger partial charge in [0, 0.05) is 10.9 Å². The molecular formula is C14H17BrN2S. The fourth-order valence-corrected chi connectivity index (χ4v) is 3.50. The third-order valence-electron chi connectivity index (χ3n) is 2.94. The smallest absolute Gasteiger partial charge is 0.0701 e. The Bertz CT molecular complexity index is 470. The van der Waals surface area contributed by atoms with Crippen molar-refractivity contribution >= 4 is 27.3 Å². The number of hydrogen-bond acceptors (Lipinski definition) is 3. The highest BCUT2D eigenvalue weighted by Crippen LogP contribution is 2.23. The lowest BCUT2D eigenvalue weighted by Crippen LogP contribution is -2.36. The Morgan fingerprint density at radius 3 is 2.56 bits per heavy atom. The number of benzene rings is 1. The number of halogens is 1. The number of thiophene rings is 1. The second-order valence-corrected chi connectivity index (χ2v) is 6.85. The lowest BCUT2D eigenvalue weighted by molar-refractivity contribution is 0.494. The molecule has 2 rings (SSSR count). The Labute approximate surface area is 120 Å². The van der Waals surface area contributed by atoms with E-state index in [0.29, 0.717) is 6.04 Å². The molecule has 0 amide bonds. The normalized spacial score (nSPS) is 12.6. The molecule has 1 unspecified atom stereocenters. The number of nitrogens with one attached hydrogen (secondary N) is 1. The minimum Gasteiger partial charge on any atom is -0.271 e. The Morgan fingerprint density at radius 2 is 1.94 bits per heavy atom. The minimum atomic E-state index is 0.329. The van der Waals surface area contributed by atoms with Crippen LogP contribution in [0.5, 0.6) is 0 Å². The zero-order valence-corrected chi connectivity index (χ0v) is 12.5. The van der Waals surface area contributed by atoms with Gasteiger partial charge in [0.2, 0.25) is 0 Å². The average molecular weight is 325 g/mol. The highest BCUT2D eigenvalue weighted by Gasteiger charge is 2.09. The molecule has 18 heavy (non-hydrogen) atoms. The Morgan fingerprint density at radius 1 is 1.17 bits per heavy atom. The van der Waals surface area contributed by atoms with Gasteiger partial charge in [-0.3, -0.25) is 11.3 Å². The van der Waals surface area contributed by atoms with E-state index in [0.717, 1.165) is 19.3 Å². The minimum absolute atomic E-state index is 0.329. The van der Waals surface area contributed by atoms with Gasteiger partial charge in [0.15, 0.2) is 0 Å². The molecule has 3 N–H and O–H groups in total. The van der Waals surface area contributed by atoms with Crippen molar-refractivity contribution < 1.29 is 0 Å². The van der Waals surface area contributed by atoms with Gasteiger partial charge in [0.05, 0.1) is 3.79 Å². The van der Waals surface area contributed by atoms with Crippen molar-refractivity contribution in [2.45, 2.75) is 25.3 Å². The molecule has 0 saturated heterocycles. The van der Waals surface area contributed by atoms with Crippen LogP contribution in [0.15, 0.2) is 46.3 Å². The third-order valence-corrected chi connectivity index (χ3v) is 4.58. The van der Waals surface area contributed by atoms with E-state index in [-0.39, 0.29) is 0 Å². The predicted molar refractivity (Wildman–Crippen MR) is 81.6 cm³/mol. The third kappa shape index (κ3) is 4.21. The summed E-state index contributed by atoms with van der Waals surface area (Å²) in [5.74, 6) is 5.63. The molecule has 2 aromatic rings. The van der Waals surface area contributed by atoms with Gasteiger partial charge in [-0.25, -0.2) is 0 Å². The molecule has 0 aliphatic rings. The van der Waals surface area contributed by atoms with E-state index in [1.165, 1.54) is 14.2 Å². The van der Waals surface area contributed by atoms with Crippen LogP contribution >= 0.6 is 27.3 Å². The first kappa shape index (κ1) is 13.7. The second-order valence-electron chi connectivity index (χ2n) is 4.30. The van der Waals surface area contributed by atoms with Gasteiger partial charge in [0.1, 0.15) is 0 Å². The number of nitrogens with two attached hydrogens (primary N) is 1. The van der Waals surface area contributed by atoms with Gasteiger partial charge >= 0.3 is 0 Å². The lowest BCUT2D eigenvalue weighted by atomic mass is 10.0. The van der Waals surface area contributed by atoms with E-state index >= 15 is 0 Å².